The fraction of sp³-hybridized carbons (Fsp3) is 0.375. The summed E-state index contributed by atoms with van der Waals surface area (Å²) in [6, 6.07) is 14.4. The van der Waals surface area contributed by atoms with Crippen molar-refractivity contribution in [3.8, 4) is 11.5 Å². The first-order valence-electron chi connectivity index (χ1n) is 10.7. The molecule has 1 atom stereocenters. The minimum absolute atomic E-state index is 0.0303. The number of hydrogen-bond donors (Lipinski definition) is 0. The second-order valence-electron chi connectivity index (χ2n) is 7.96. The van der Waals surface area contributed by atoms with E-state index in [1.165, 1.54) is 0 Å². The molecule has 0 spiro atoms. The van der Waals surface area contributed by atoms with Gasteiger partial charge in [-0.15, -0.1) is 0 Å². The van der Waals surface area contributed by atoms with Crippen molar-refractivity contribution in [2.24, 2.45) is 5.92 Å². The van der Waals surface area contributed by atoms with Crippen LogP contribution in [0.3, 0.4) is 0 Å². The Balaban J connectivity index is 1.35. The van der Waals surface area contributed by atoms with Gasteiger partial charge >= 0.3 is 0 Å². The summed E-state index contributed by atoms with van der Waals surface area (Å²) in [6.07, 6.45) is 0.193. The van der Waals surface area contributed by atoms with Crippen LogP contribution in [0, 0.1) is 5.92 Å². The number of anilines is 1. The monoisotopic (exact) mass is 437 g/mol. The standard InChI is InChI=1S/C24H27N3O5/c1-31-20-7-3-5-17(13-20)23(29)25-9-11-26(12-10-25)24(30)18-14-22(28)27(16-18)19-6-4-8-21(15-19)32-2/h3-8,13,15,18H,9-12,14,16H2,1-2H3/t18-/m0/s1. The molecule has 0 N–H and O–H groups in total. The lowest BCUT2D eigenvalue weighted by molar-refractivity contribution is -0.137. The van der Waals surface area contributed by atoms with Crippen LogP contribution in [0.2, 0.25) is 0 Å². The molecule has 168 valence electrons. The van der Waals surface area contributed by atoms with Gasteiger partial charge in [0.05, 0.1) is 20.1 Å². The number of rotatable bonds is 5. The molecule has 2 aromatic carbocycles. The van der Waals surface area contributed by atoms with Crippen molar-refractivity contribution in [2.45, 2.75) is 6.42 Å². The number of piperazine rings is 1. The average Bonchev–Trinajstić information content (AvgIpc) is 3.24. The summed E-state index contributed by atoms with van der Waals surface area (Å²) in [6.45, 7) is 2.19. The lowest BCUT2D eigenvalue weighted by Crippen LogP contribution is -2.52. The maximum absolute atomic E-state index is 13.1. The lowest BCUT2D eigenvalue weighted by Gasteiger charge is -2.36. The van der Waals surface area contributed by atoms with E-state index in [0.29, 0.717) is 49.8 Å². The van der Waals surface area contributed by atoms with Gasteiger partial charge in [-0.2, -0.15) is 0 Å². The predicted molar refractivity (Wildman–Crippen MR) is 119 cm³/mol. The predicted octanol–water partition coefficient (Wildman–Crippen LogP) is 2.04. The number of hydrogen-bond acceptors (Lipinski definition) is 5. The highest BCUT2D eigenvalue weighted by Gasteiger charge is 2.38. The van der Waals surface area contributed by atoms with Crippen LogP contribution in [0.4, 0.5) is 5.69 Å². The summed E-state index contributed by atoms with van der Waals surface area (Å²) in [5, 5.41) is 0. The van der Waals surface area contributed by atoms with Crippen LogP contribution in [0.1, 0.15) is 16.8 Å². The molecule has 2 aliphatic rings. The van der Waals surface area contributed by atoms with E-state index in [2.05, 4.69) is 0 Å². The van der Waals surface area contributed by atoms with Gasteiger partial charge in [0.15, 0.2) is 0 Å². The maximum Gasteiger partial charge on any atom is 0.254 e. The van der Waals surface area contributed by atoms with Crippen molar-refractivity contribution in [1.82, 2.24) is 9.80 Å². The Bertz CT molecular complexity index is 1020. The second kappa shape index (κ2) is 9.30. The fourth-order valence-corrected chi connectivity index (χ4v) is 4.23. The van der Waals surface area contributed by atoms with Crippen LogP contribution < -0.4 is 14.4 Å². The molecule has 0 aliphatic carbocycles. The van der Waals surface area contributed by atoms with E-state index in [1.807, 2.05) is 18.2 Å². The van der Waals surface area contributed by atoms with E-state index in [1.54, 1.807) is 59.3 Å². The molecule has 2 saturated heterocycles. The van der Waals surface area contributed by atoms with Crippen LogP contribution in [-0.4, -0.2) is 74.5 Å². The number of amides is 3. The van der Waals surface area contributed by atoms with Gasteiger partial charge in [0.25, 0.3) is 5.91 Å². The van der Waals surface area contributed by atoms with Crippen molar-refractivity contribution >= 4 is 23.4 Å². The van der Waals surface area contributed by atoms with E-state index in [9.17, 15) is 14.4 Å². The molecular weight excluding hydrogens is 410 g/mol. The molecule has 0 aromatic heterocycles. The third kappa shape index (κ3) is 4.39. The number of ether oxygens (including phenoxy) is 2. The van der Waals surface area contributed by atoms with Gasteiger partial charge in [-0.3, -0.25) is 14.4 Å². The fourth-order valence-electron chi connectivity index (χ4n) is 4.23. The number of carbonyl (C=O) groups is 3. The van der Waals surface area contributed by atoms with Gasteiger partial charge in [-0.05, 0) is 30.3 Å². The van der Waals surface area contributed by atoms with Crippen LogP contribution in [0.15, 0.2) is 48.5 Å². The molecule has 0 unspecified atom stereocenters. The van der Waals surface area contributed by atoms with Crippen LogP contribution in [-0.2, 0) is 9.59 Å². The molecule has 2 aliphatic heterocycles. The molecular formula is C24H27N3O5. The Morgan fingerprint density at radius 2 is 1.50 bits per heavy atom. The Labute approximate surface area is 187 Å². The van der Waals surface area contributed by atoms with Crippen LogP contribution in [0.25, 0.3) is 0 Å². The van der Waals surface area contributed by atoms with E-state index in [4.69, 9.17) is 9.47 Å². The molecule has 32 heavy (non-hydrogen) atoms. The lowest BCUT2D eigenvalue weighted by atomic mass is 10.1. The first-order chi connectivity index (χ1) is 15.5. The third-order valence-corrected chi connectivity index (χ3v) is 6.03. The topological polar surface area (TPSA) is 79.4 Å². The Morgan fingerprint density at radius 1 is 0.875 bits per heavy atom. The molecule has 4 rings (SSSR count). The first kappa shape index (κ1) is 21.7. The average molecular weight is 437 g/mol. The number of carbonyl (C=O) groups excluding carboxylic acids is 3. The largest absolute Gasteiger partial charge is 0.497 e. The molecule has 0 saturated carbocycles. The summed E-state index contributed by atoms with van der Waals surface area (Å²) in [5.41, 5.74) is 1.30. The van der Waals surface area contributed by atoms with E-state index < -0.39 is 0 Å². The highest BCUT2D eigenvalue weighted by atomic mass is 16.5. The summed E-state index contributed by atoms with van der Waals surface area (Å²) in [4.78, 5) is 43.6. The molecule has 8 heteroatoms. The van der Waals surface area contributed by atoms with Crippen molar-refractivity contribution in [3.05, 3.63) is 54.1 Å². The Morgan fingerprint density at radius 3 is 2.19 bits per heavy atom. The number of nitrogens with zero attached hydrogens (tertiary/aromatic N) is 3. The van der Waals surface area contributed by atoms with E-state index in [0.717, 1.165) is 5.69 Å². The molecule has 0 radical (unpaired) electrons. The number of methoxy groups -OCH3 is 2. The van der Waals surface area contributed by atoms with E-state index in [-0.39, 0.29) is 30.1 Å². The molecule has 2 heterocycles. The van der Waals surface area contributed by atoms with Gasteiger partial charge in [0.2, 0.25) is 11.8 Å². The van der Waals surface area contributed by atoms with Gasteiger partial charge < -0.3 is 24.2 Å². The minimum Gasteiger partial charge on any atom is -0.497 e. The molecule has 2 aromatic rings. The van der Waals surface area contributed by atoms with Crippen molar-refractivity contribution < 1.29 is 23.9 Å². The molecule has 2 fully saturated rings. The van der Waals surface area contributed by atoms with Crippen LogP contribution in [0.5, 0.6) is 11.5 Å². The molecule has 0 bridgehead atoms. The quantitative estimate of drug-likeness (QED) is 0.715. The zero-order valence-corrected chi connectivity index (χ0v) is 18.3. The zero-order chi connectivity index (χ0) is 22.7. The van der Waals surface area contributed by atoms with Gasteiger partial charge in [0, 0.05) is 56.5 Å². The summed E-state index contributed by atoms with van der Waals surface area (Å²) < 4.78 is 10.4. The van der Waals surface area contributed by atoms with E-state index >= 15 is 0 Å². The zero-order valence-electron chi connectivity index (χ0n) is 18.3. The van der Waals surface area contributed by atoms with Gasteiger partial charge in [-0.1, -0.05) is 12.1 Å². The van der Waals surface area contributed by atoms with Crippen LogP contribution >= 0.6 is 0 Å². The first-order valence-corrected chi connectivity index (χ1v) is 10.7. The summed E-state index contributed by atoms with van der Waals surface area (Å²) in [5.74, 6) is 0.754. The minimum atomic E-state index is -0.380. The SMILES string of the molecule is COc1cccc(C(=O)N2CCN(C(=O)[C@H]3CC(=O)N(c4cccc(OC)c4)C3)CC2)c1. The summed E-state index contributed by atoms with van der Waals surface area (Å²) >= 11 is 0. The Hall–Kier alpha value is -3.55. The highest BCUT2D eigenvalue weighted by Crippen LogP contribution is 2.29. The highest BCUT2D eigenvalue weighted by molar-refractivity contribution is 6.00. The Kier molecular flexibility index (Phi) is 6.30. The number of benzene rings is 2. The molecule has 8 nitrogen and oxygen atoms in total. The van der Waals surface area contributed by atoms with Crippen molar-refractivity contribution in [3.63, 3.8) is 0 Å². The maximum atomic E-state index is 13.1. The third-order valence-electron chi connectivity index (χ3n) is 6.03. The molecule has 3 amide bonds. The smallest absolute Gasteiger partial charge is 0.254 e. The van der Waals surface area contributed by atoms with Gasteiger partial charge in [-0.25, -0.2) is 0 Å². The normalized spacial score (nSPS) is 18.6. The summed E-state index contributed by atoms with van der Waals surface area (Å²) in [7, 11) is 3.15. The van der Waals surface area contributed by atoms with Gasteiger partial charge in [0.1, 0.15) is 11.5 Å². The van der Waals surface area contributed by atoms with Crippen molar-refractivity contribution in [1.29, 1.82) is 0 Å². The van der Waals surface area contributed by atoms with Crippen molar-refractivity contribution in [2.75, 3.05) is 51.8 Å². The second-order valence-corrected chi connectivity index (χ2v) is 7.96.